The van der Waals surface area contributed by atoms with E-state index in [2.05, 4.69) is 15.1 Å². The number of rotatable bonds is 4. The minimum absolute atomic E-state index is 0.0793. The number of hydrogen-bond donors (Lipinski definition) is 2. The van der Waals surface area contributed by atoms with Crippen LogP contribution in [0.2, 0.25) is 0 Å². The number of aromatic hydroxyl groups is 1. The summed E-state index contributed by atoms with van der Waals surface area (Å²) in [4.78, 5) is 19.5. The zero-order valence-corrected chi connectivity index (χ0v) is 15.4. The highest BCUT2D eigenvalue weighted by atomic mass is 16.5. The van der Waals surface area contributed by atoms with Crippen LogP contribution in [0, 0.1) is 6.92 Å². The first-order chi connectivity index (χ1) is 13.5. The first-order valence-corrected chi connectivity index (χ1v) is 8.44. The zero-order chi connectivity index (χ0) is 19.8. The number of ether oxygens (including phenoxy) is 2. The molecule has 0 radical (unpaired) electrons. The van der Waals surface area contributed by atoms with Crippen molar-refractivity contribution in [2.75, 3.05) is 14.2 Å². The van der Waals surface area contributed by atoms with E-state index in [9.17, 15) is 9.90 Å². The summed E-state index contributed by atoms with van der Waals surface area (Å²) in [5, 5.41) is 15.1. The van der Waals surface area contributed by atoms with E-state index in [-0.39, 0.29) is 23.0 Å². The fourth-order valence-corrected chi connectivity index (χ4v) is 3.01. The molecule has 28 heavy (non-hydrogen) atoms. The van der Waals surface area contributed by atoms with Gasteiger partial charge in [0, 0.05) is 11.5 Å². The second-order valence-corrected chi connectivity index (χ2v) is 6.22. The fourth-order valence-electron chi connectivity index (χ4n) is 3.01. The van der Waals surface area contributed by atoms with Crippen LogP contribution in [-0.2, 0) is 0 Å². The van der Waals surface area contributed by atoms with E-state index in [1.807, 2.05) is 13.0 Å². The molecule has 0 atom stereocenters. The largest absolute Gasteiger partial charge is 0.506 e. The Labute approximate surface area is 159 Å². The average Bonchev–Trinajstić information content (AvgIpc) is 3.17. The molecule has 4 aromatic rings. The number of nitrogens with zero attached hydrogens (tertiary/aromatic N) is 2. The minimum atomic E-state index is -0.522. The van der Waals surface area contributed by atoms with Crippen LogP contribution < -0.4 is 15.0 Å². The normalized spacial score (nSPS) is 11.0. The van der Waals surface area contributed by atoms with E-state index in [1.54, 1.807) is 37.4 Å². The highest BCUT2D eigenvalue weighted by Crippen LogP contribution is 2.35. The van der Waals surface area contributed by atoms with Crippen LogP contribution in [0.15, 0.2) is 45.7 Å². The third-order valence-corrected chi connectivity index (χ3v) is 4.43. The number of aromatic amines is 1. The summed E-state index contributed by atoms with van der Waals surface area (Å²) in [5.41, 5.74) is 1.42. The third-order valence-electron chi connectivity index (χ3n) is 4.43. The Hall–Kier alpha value is -3.81. The molecule has 8 nitrogen and oxygen atoms in total. The van der Waals surface area contributed by atoms with Gasteiger partial charge in [-0.3, -0.25) is 4.79 Å². The van der Waals surface area contributed by atoms with Crippen molar-refractivity contribution in [2.24, 2.45) is 0 Å². The lowest BCUT2D eigenvalue weighted by Crippen LogP contribution is -2.09. The molecule has 0 fully saturated rings. The van der Waals surface area contributed by atoms with Gasteiger partial charge in [-0.25, -0.2) is 0 Å². The number of methoxy groups -OCH3 is 2. The van der Waals surface area contributed by atoms with Gasteiger partial charge in [0.2, 0.25) is 5.82 Å². The molecule has 0 aliphatic heterocycles. The molecule has 8 heteroatoms. The van der Waals surface area contributed by atoms with Gasteiger partial charge in [0.05, 0.1) is 25.3 Å². The predicted octanol–water partition coefficient (Wildman–Crippen LogP) is 3.28. The Morgan fingerprint density at radius 1 is 1.11 bits per heavy atom. The molecule has 0 amide bonds. The lowest BCUT2D eigenvalue weighted by Gasteiger charge is -2.07. The molecule has 0 aliphatic rings. The van der Waals surface area contributed by atoms with Gasteiger partial charge in [-0.2, -0.15) is 4.98 Å². The van der Waals surface area contributed by atoms with Crippen molar-refractivity contribution < 1.29 is 19.1 Å². The molecule has 2 aromatic heterocycles. The van der Waals surface area contributed by atoms with Gasteiger partial charge in [0.25, 0.3) is 11.4 Å². The molecule has 0 aliphatic carbocycles. The van der Waals surface area contributed by atoms with E-state index < -0.39 is 5.56 Å². The standard InChI is InChI=1S/C20H17N3O5/c1-10-4-7-14-13(8-10)17(24)16(19(25)21-14)20-22-18(23-28-20)12-6-5-11(26-2)9-15(12)27-3/h4-9H,1-3H3,(H2,21,24,25). The Balaban J connectivity index is 1.86. The van der Waals surface area contributed by atoms with Crippen molar-refractivity contribution in [2.45, 2.75) is 6.92 Å². The maximum atomic E-state index is 12.5. The van der Waals surface area contributed by atoms with E-state index in [1.165, 1.54) is 7.11 Å². The van der Waals surface area contributed by atoms with E-state index in [4.69, 9.17) is 14.0 Å². The van der Waals surface area contributed by atoms with Crippen molar-refractivity contribution in [3.05, 3.63) is 52.3 Å². The number of aromatic nitrogens is 3. The molecule has 0 bridgehead atoms. The minimum Gasteiger partial charge on any atom is -0.506 e. The summed E-state index contributed by atoms with van der Waals surface area (Å²) in [7, 11) is 3.07. The summed E-state index contributed by atoms with van der Waals surface area (Å²) in [6.45, 7) is 1.89. The highest BCUT2D eigenvalue weighted by Gasteiger charge is 2.22. The Kier molecular flexibility index (Phi) is 4.23. The number of benzene rings is 2. The van der Waals surface area contributed by atoms with Crippen molar-refractivity contribution >= 4 is 10.9 Å². The van der Waals surface area contributed by atoms with E-state index in [0.717, 1.165) is 5.56 Å². The summed E-state index contributed by atoms with van der Waals surface area (Å²) in [6.07, 6.45) is 0. The van der Waals surface area contributed by atoms with Gasteiger partial charge >= 0.3 is 0 Å². The zero-order valence-electron chi connectivity index (χ0n) is 15.4. The molecule has 0 unspecified atom stereocenters. The molecule has 0 saturated carbocycles. The SMILES string of the molecule is COc1ccc(-c2noc(-c3c(O)c4cc(C)ccc4[nH]c3=O)n2)c(OC)c1. The molecule has 2 heterocycles. The lowest BCUT2D eigenvalue weighted by atomic mass is 10.1. The second kappa shape index (κ2) is 6.73. The number of fused-ring (bicyclic) bond motifs is 1. The number of aryl methyl sites for hydroxylation is 1. The fraction of sp³-hybridized carbons (Fsp3) is 0.150. The number of nitrogens with one attached hydrogen (secondary N) is 1. The maximum Gasteiger partial charge on any atom is 0.267 e. The smallest absolute Gasteiger partial charge is 0.267 e. The van der Waals surface area contributed by atoms with Crippen LogP contribution in [0.25, 0.3) is 33.7 Å². The van der Waals surface area contributed by atoms with Gasteiger partial charge in [0.1, 0.15) is 22.8 Å². The molecule has 142 valence electrons. The molecule has 0 spiro atoms. The van der Waals surface area contributed by atoms with Crippen LogP contribution in [-0.4, -0.2) is 34.5 Å². The van der Waals surface area contributed by atoms with Crippen LogP contribution >= 0.6 is 0 Å². The van der Waals surface area contributed by atoms with Gasteiger partial charge in [-0.15, -0.1) is 0 Å². The maximum absolute atomic E-state index is 12.5. The monoisotopic (exact) mass is 379 g/mol. The van der Waals surface area contributed by atoms with Crippen molar-refractivity contribution in [3.8, 4) is 40.1 Å². The second-order valence-electron chi connectivity index (χ2n) is 6.22. The predicted molar refractivity (Wildman–Crippen MR) is 103 cm³/mol. The number of hydrogen-bond acceptors (Lipinski definition) is 7. The molecule has 2 aromatic carbocycles. The summed E-state index contributed by atoms with van der Waals surface area (Å²) in [5.74, 6) is 1.02. The Morgan fingerprint density at radius 2 is 1.93 bits per heavy atom. The van der Waals surface area contributed by atoms with Gasteiger partial charge < -0.3 is 24.1 Å². The van der Waals surface area contributed by atoms with E-state index >= 15 is 0 Å². The van der Waals surface area contributed by atoms with Gasteiger partial charge in [-0.1, -0.05) is 16.8 Å². The van der Waals surface area contributed by atoms with Crippen LogP contribution in [0.3, 0.4) is 0 Å². The van der Waals surface area contributed by atoms with Crippen molar-refractivity contribution in [1.82, 2.24) is 15.1 Å². The molecule has 4 rings (SSSR count). The highest BCUT2D eigenvalue weighted by molar-refractivity contribution is 5.90. The topological polar surface area (TPSA) is 110 Å². The van der Waals surface area contributed by atoms with E-state index in [0.29, 0.717) is 28.0 Å². The third kappa shape index (κ3) is 2.84. The molecule has 2 N–H and O–H groups in total. The average molecular weight is 379 g/mol. The van der Waals surface area contributed by atoms with Crippen LogP contribution in [0.4, 0.5) is 0 Å². The summed E-state index contributed by atoms with van der Waals surface area (Å²) in [6, 6.07) is 10.5. The van der Waals surface area contributed by atoms with Gasteiger partial charge in [-0.05, 0) is 31.2 Å². The summed E-state index contributed by atoms with van der Waals surface area (Å²) < 4.78 is 15.8. The molecular formula is C20H17N3O5. The number of pyridine rings is 1. The van der Waals surface area contributed by atoms with Crippen LogP contribution in [0.5, 0.6) is 17.2 Å². The molecule has 0 saturated heterocycles. The lowest BCUT2D eigenvalue weighted by molar-refractivity contribution is 0.394. The molecular weight excluding hydrogens is 362 g/mol. The first-order valence-electron chi connectivity index (χ1n) is 8.44. The summed E-state index contributed by atoms with van der Waals surface area (Å²) >= 11 is 0. The Bertz CT molecular complexity index is 1240. The van der Waals surface area contributed by atoms with Crippen molar-refractivity contribution in [1.29, 1.82) is 0 Å². The van der Waals surface area contributed by atoms with Crippen LogP contribution in [0.1, 0.15) is 5.56 Å². The number of H-pyrrole nitrogens is 1. The Morgan fingerprint density at radius 3 is 2.68 bits per heavy atom. The first kappa shape index (κ1) is 17.6. The van der Waals surface area contributed by atoms with Crippen molar-refractivity contribution in [3.63, 3.8) is 0 Å². The quantitative estimate of drug-likeness (QED) is 0.560. The van der Waals surface area contributed by atoms with Gasteiger partial charge in [0.15, 0.2) is 0 Å².